The molecule has 0 rings (SSSR count). The van der Waals surface area contributed by atoms with Crippen LogP contribution in [0.2, 0.25) is 0 Å². The number of carbonyl (C=O) groups excluding carboxylic acids is 1. The molecule has 4 heteroatoms. The van der Waals surface area contributed by atoms with Gasteiger partial charge >= 0.3 is 5.97 Å². The van der Waals surface area contributed by atoms with Crippen LogP contribution in [0.5, 0.6) is 0 Å². The van der Waals surface area contributed by atoms with Crippen LogP contribution in [0.25, 0.3) is 0 Å². The van der Waals surface area contributed by atoms with E-state index >= 15 is 0 Å². The molecule has 0 aromatic heterocycles. The summed E-state index contributed by atoms with van der Waals surface area (Å²) in [4.78, 5) is 22.6. The van der Waals surface area contributed by atoms with Gasteiger partial charge in [0.2, 0.25) is 6.08 Å². The molecule has 52 valence electrons. The van der Waals surface area contributed by atoms with E-state index in [0.717, 1.165) is 6.08 Å². The highest BCUT2D eigenvalue weighted by Crippen LogP contribution is 1.94. The van der Waals surface area contributed by atoms with E-state index in [4.69, 9.17) is 11.5 Å². The molecule has 0 fully saturated rings. The van der Waals surface area contributed by atoms with Crippen molar-refractivity contribution in [3.63, 3.8) is 0 Å². The first-order valence-electron chi connectivity index (χ1n) is 2.45. The van der Waals surface area contributed by atoms with Gasteiger partial charge in [-0.15, -0.1) is 12.3 Å². The Bertz CT molecular complexity index is 208. The summed E-state index contributed by atoms with van der Waals surface area (Å²) in [5, 5.41) is 8.27. The maximum atomic E-state index is 10.1. The minimum Gasteiger partial charge on any atom is -0.480 e. The maximum absolute atomic E-state index is 10.1. The predicted octanol–water partition coefficient (Wildman–Crippen LogP) is -0.201. The smallest absolute Gasteiger partial charge is 0.330 e. The average Bonchev–Trinajstić information content (AvgIpc) is 1.87. The number of aliphatic imine (C=N–C) groups is 1. The molecule has 0 heterocycles. The summed E-state index contributed by atoms with van der Waals surface area (Å²) >= 11 is 0. The Morgan fingerprint density at radius 3 is 2.70 bits per heavy atom. The van der Waals surface area contributed by atoms with Crippen molar-refractivity contribution < 1.29 is 14.7 Å². The number of carbonyl (C=O) groups is 1. The van der Waals surface area contributed by atoms with Crippen LogP contribution in [0.3, 0.4) is 0 Å². The molecule has 1 N–H and O–H groups in total. The highest BCUT2D eigenvalue weighted by molar-refractivity contribution is 5.75. The second kappa shape index (κ2) is 4.30. The minimum absolute atomic E-state index is 0.0788. The molecule has 0 radical (unpaired) electrons. The molecule has 0 saturated carbocycles. The van der Waals surface area contributed by atoms with Gasteiger partial charge in [-0.2, -0.15) is 4.99 Å². The Labute approximate surface area is 57.6 Å². The van der Waals surface area contributed by atoms with E-state index in [1.165, 1.54) is 0 Å². The van der Waals surface area contributed by atoms with Gasteiger partial charge in [-0.25, -0.2) is 9.59 Å². The van der Waals surface area contributed by atoms with Gasteiger partial charge in [-0.3, -0.25) is 0 Å². The SMILES string of the molecule is C#CCC(N=C=O)C(=O)O. The quantitative estimate of drug-likeness (QED) is 0.334. The Morgan fingerprint density at radius 2 is 2.40 bits per heavy atom. The molecule has 0 spiro atoms. The zero-order valence-corrected chi connectivity index (χ0v) is 5.07. The summed E-state index contributed by atoms with van der Waals surface area (Å²) in [6.45, 7) is 0. The highest BCUT2D eigenvalue weighted by atomic mass is 16.4. The summed E-state index contributed by atoms with van der Waals surface area (Å²) in [7, 11) is 0. The van der Waals surface area contributed by atoms with Gasteiger partial charge in [-0.1, -0.05) is 0 Å². The third-order valence-electron chi connectivity index (χ3n) is 0.805. The van der Waals surface area contributed by atoms with Crippen molar-refractivity contribution in [3.05, 3.63) is 0 Å². The van der Waals surface area contributed by atoms with Crippen molar-refractivity contribution in [3.8, 4) is 12.3 Å². The maximum Gasteiger partial charge on any atom is 0.330 e. The van der Waals surface area contributed by atoms with Crippen LogP contribution >= 0.6 is 0 Å². The van der Waals surface area contributed by atoms with Crippen molar-refractivity contribution in [2.24, 2.45) is 4.99 Å². The highest BCUT2D eigenvalue weighted by Gasteiger charge is 2.13. The molecule has 0 aliphatic heterocycles. The van der Waals surface area contributed by atoms with Gasteiger partial charge < -0.3 is 5.11 Å². The minimum atomic E-state index is -1.21. The summed E-state index contributed by atoms with van der Waals surface area (Å²) in [6, 6.07) is -1.14. The van der Waals surface area contributed by atoms with Crippen molar-refractivity contribution in [2.75, 3.05) is 0 Å². The van der Waals surface area contributed by atoms with Crippen LogP contribution in [-0.2, 0) is 9.59 Å². The van der Waals surface area contributed by atoms with E-state index < -0.39 is 12.0 Å². The molecule has 4 nitrogen and oxygen atoms in total. The van der Waals surface area contributed by atoms with E-state index in [1.54, 1.807) is 0 Å². The summed E-state index contributed by atoms with van der Waals surface area (Å²) in [5.74, 6) is 0.873. The van der Waals surface area contributed by atoms with E-state index in [9.17, 15) is 9.59 Å². The van der Waals surface area contributed by atoms with Crippen LogP contribution in [-0.4, -0.2) is 23.2 Å². The summed E-state index contributed by atoms with van der Waals surface area (Å²) in [6.07, 6.45) is 5.85. The number of aliphatic carboxylic acids is 1. The van der Waals surface area contributed by atoms with Gasteiger partial charge in [-0.05, 0) is 0 Å². The number of rotatable bonds is 3. The lowest BCUT2D eigenvalue weighted by Gasteiger charge is -1.96. The molecule has 0 aliphatic rings. The molecule has 0 bridgehead atoms. The number of nitrogens with zero attached hydrogens (tertiary/aromatic N) is 1. The Morgan fingerprint density at radius 1 is 1.80 bits per heavy atom. The van der Waals surface area contributed by atoms with Gasteiger partial charge in [0.05, 0.1) is 0 Å². The molecule has 0 aromatic rings. The Kier molecular flexibility index (Phi) is 3.62. The first-order valence-corrected chi connectivity index (χ1v) is 2.45. The molecular formula is C6H5NO3. The molecule has 0 amide bonds. The monoisotopic (exact) mass is 139 g/mol. The van der Waals surface area contributed by atoms with E-state index in [2.05, 4.69) is 10.9 Å². The van der Waals surface area contributed by atoms with E-state index in [-0.39, 0.29) is 6.42 Å². The molecule has 1 unspecified atom stereocenters. The van der Waals surface area contributed by atoms with Gasteiger partial charge in [0.15, 0.2) is 6.04 Å². The lowest BCUT2D eigenvalue weighted by molar-refractivity contribution is -0.138. The van der Waals surface area contributed by atoms with Crippen LogP contribution in [0.15, 0.2) is 4.99 Å². The first kappa shape index (κ1) is 8.41. The summed E-state index contributed by atoms with van der Waals surface area (Å²) < 4.78 is 0. The van der Waals surface area contributed by atoms with Crippen molar-refractivity contribution in [1.82, 2.24) is 0 Å². The van der Waals surface area contributed by atoms with Crippen molar-refractivity contribution in [2.45, 2.75) is 12.5 Å². The fourth-order valence-electron chi connectivity index (χ4n) is 0.363. The number of terminal acetylenes is 1. The molecule has 10 heavy (non-hydrogen) atoms. The second-order valence-electron chi connectivity index (χ2n) is 1.48. The van der Waals surface area contributed by atoms with Gasteiger partial charge in [0.1, 0.15) is 0 Å². The predicted molar refractivity (Wildman–Crippen MR) is 33.0 cm³/mol. The van der Waals surface area contributed by atoms with Crippen LogP contribution in [0.4, 0.5) is 0 Å². The van der Waals surface area contributed by atoms with Crippen LogP contribution in [0, 0.1) is 12.3 Å². The van der Waals surface area contributed by atoms with E-state index in [1.807, 2.05) is 0 Å². The third kappa shape index (κ3) is 2.65. The number of hydrogen-bond donors (Lipinski definition) is 1. The fraction of sp³-hybridized carbons (Fsp3) is 0.333. The molecular weight excluding hydrogens is 134 g/mol. The molecule has 0 saturated heterocycles. The number of hydrogen-bond acceptors (Lipinski definition) is 3. The summed E-state index contributed by atoms with van der Waals surface area (Å²) in [5.41, 5.74) is 0. The molecule has 0 aliphatic carbocycles. The lowest BCUT2D eigenvalue weighted by Crippen LogP contribution is -2.16. The van der Waals surface area contributed by atoms with E-state index in [0.29, 0.717) is 0 Å². The second-order valence-corrected chi connectivity index (χ2v) is 1.48. The number of isocyanates is 1. The normalized spacial score (nSPS) is 10.7. The standard InChI is InChI=1S/C6H5NO3/c1-2-3-5(6(9)10)7-4-8/h1,5H,3H2,(H,9,10). The van der Waals surface area contributed by atoms with Crippen LogP contribution < -0.4 is 0 Å². The largest absolute Gasteiger partial charge is 0.480 e. The van der Waals surface area contributed by atoms with Crippen molar-refractivity contribution in [1.29, 1.82) is 0 Å². The molecule has 1 atom stereocenters. The Hall–Kier alpha value is -1.59. The topological polar surface area (TPSA) is 66.7 Å². The number of carboxylic acids is 1. The zero-order chi connectivity index (χ0) is 7.98. The molecule has 0 aromatic carbocycles. The van der Waals surface area contributed by atoms with Gasteiger partial charge in [0.25, 0.3) is 0 Å². The van der Waals surface area contributed by atoms with Crippen molar-refractivity contribution >= 4 is 12.0 Å². The Balaban J connectivity index is 4.14. The van der Waals surface area contributed by atoms with Gasteiger partial charge in [0, 0.05) is 6.42 Å². The number of carboxylic acid groups (broad SMARTS) is 1. The first-order chi connectivity index (χ1) is 4.72. The lowest BCUT2D eigenvalue weighted by atomic mass is 10.2. The third-order valence-corrected chi connectivity index (χ3v) is 0.805. The zero-order valence-electron chi connectivity index (χ0n) is 5.07. The average molecular weight is 139 g/mol. The fourth-order valence-corrected chi connectivity index (χ4v) is 0.363. The van der Waals surface area contributed by atoms with Crippen LogP contribution in [0.1, 0.15) is 6.42 Å².